The van der Waals surface area contributed by atoms with Crippen LogP contribution in [0.4, 0.5) is 0 Å². The van der Waals surface area contributed by atoms with Crippen molar-refractivity contribution in [1.29, 1.82) is 0 Å². The van der Waals surface area contributed by atoms with Gasteiger partial charge in [-0.25, -0.2) is 0 Å². The van der Waals surface area contributed by atoms with Crippen LogP contribution in [-0.2, 0) is 16.1 Å². The first-order valence-corrected chi connectivity index (χ1v) is 7.90. The highest BCUT2D eigenvalue weighted by molar-refractivity contribution is 6.31. The van der Waals surface area contributed by atoms with Crippen molar-refractivity contribution in [3.05, 3.63) is 34.9 Å². The zero-order chi connectivity index (χ0) is 15.2. The minimum atomic E-state index is -0.175. The highest BCUT2D eigenvalue weighted by Gasteiger charge is 2.32. The van der Waals surface area contributed by atoms with Gasteiger partial charge in [-0.15, -0.1) is 0 Å². The Balaban J connectivity index is 2.03. The van der Waals surface area contributed by atoms with E-state index in [4.69, 9.17) is 16.3 Å². The standard InChI is InChI=1S/C16H23ClN2O2/c1-3-19-10-9-18(12-15(19)16(20)21-4-2)11-13-7-5-6-8-14(13)17/h5-8,15H,3-4,9-12H2,1-2H3. The van der Waals surface area contributed by atoms with Crippen molar-refractivity contribution in [2.24, 2.45) is 0 Å². The van der Waals surface area contributed by atoms with E-state index in [1.165, 1.54) is 0 Å². The van der Waals surface area contributed by atoms with Gasteiger partial charge >= 0.3 is 5.97 Å². The predicted octanol–water partition coefficient (Wildman–Crippen LogP) is 2.41. The highest BCUT2D eigenvalue weighted by Crippen LogP contribution is 2.19. The van der Waals surface area contributed by atoms with Crippen LogP contribution in [0.2, 0.25) is 5.02 Å². The SMILES string of the molecule is CCOC(=O)C1CN(Cc2ccccc2Cl)CCN1CC. The number of esters is 1. The van der Waals surface area contributed by atoms with E-state index >= 15 is 0 Å². The topological polar surface area (TPSA) is 32.8 Å². The molecule has 1 atom stereocenters. The fraction of sp³-hybridized carbons (Fsp3) is 0.562. The minimum absolute atomic E-state index is 0.122. The van der Waals surface area contributed by atoms with Gasteiger partial charge in [-0.1, -0.05) is 36.7 Å². The normalized spacial score (nSPS) is 20.4. The van der Waals surface area contributed by atoms with Gasteiger partial charge in [0.1, 0.15) is 6.04 Å². The quantitative estimate of drug-likeness (QED) is 0.782. The lowest BCUT2D eigenvalue weighted by Crippen LogP contribution is -2.56. The molecular formula is C16H23ClN2O2. The summed E-state index contributed by atoms with van der Waals surface area (Å²) < 4.78 is 5.20. The Labute approximate surface area is 131 Å². The molecule has 21 heavy (non-hydrogen) atoms. The molecule has 1 saturated heterocycles. The third-order valence-corrected chi connectivity index (χ3v) is 4.26. The minimum Gasteiger partial charge on any atom is -0.465 e. The zero-order valence-corrected chi connectivity index (χ0v) is 13.5. The summed E-state index contributed by atoms with van der Waals surface area (Å²) in [6.07, 6.45) is 0. The Morgan fingerprint density at radius 2 is 2.10 bits per heavy atom. The van der Waals surface area contributed by atoms with Crippen LogP contribution in [0.5, 0.6) is 0 Å². The molecule has 0 N–H and O–H groups in total. The van der Waals surface area contributed by atoms with E-state index in [0.29, 0.717) is 13.2 Å². The Kier molecular flexibility index (Phi) is 6.03. The number of ether oxygens (including phenoxy) is 1. The monoisotopic (exact) mass is 310 g/mol. The fourth-order valence-electron chi connectivity index (χ4n) is 2.73. The van der Waals surface area contributed by atoms with Crippen molar-refractivity contribution in [1.82, 2.24) is 9.80 Å². The second-order valence-electron chi connectivity index (χ2n) is 5.22. The Hall–Kier alpha value is -1.10. The molecule has 5 heteroatoms. The van der Waals surface area contributed by atoms with Crippen molar-refractivity contribution in [3.8, 4) is 0 Å². The summed E-state index contributed by atoms with van der Waals surface area (Å²) in [6, 6.07) is 7.69. The van der Waals surface area contributed by atoms with Crippen molar-refractivity contribution in [2.45, 2.75) is 26.4 Å². The predicted molar refractivity (Wildman–Crippen MR) is 84.4 cm³/mol. The lowest BCUT2D eigenvalue weighted by Gasteiger charge is -2.39. The molecule has 1 unspecified atom stereocenters. The van der Waals surface area contributed by atoms with Gasteiger partial charge in [0.2, 0.25) is 0 Å². The van der Waals surface area contributed by atoms with Crippen molar-refractivity contribution < 1.29 is 9.53 Å². The molecule has 2 rings (SSSR count). The molecule has 1 aromatic carbocycles. The van der Waals surface area contributed by atoms with Crippen LogP contribution in [0, 0.1) is 0 Å². The van der Waals surface area contributed by atoms with E-state index in [-0.39, 0.29) is 12.0 Å². The Bertz CT molecular complexity index is 481. The van der Waals surface area contributed by atoms with Crippen molar-refractivity contribution in [2.75, 3.05) is 32.8 Å². The third kappa shape index (κ3) is 4.19. The number of hydrogen-bond donors (Lipinski definition) is 0. The number of carbonyl (C=O) groups is 1. The van der Waals surface area contributed by atoms with Gasteiger partial charge < -0.3 is 4.74 Å². The molecule has 0 bridgehead atoms. The van der Waals surface area contributed by atoms with Gasteiger partial charge in [0.15, 0.2) is 0 Å². The summed E-state index contributed by atoms with van der Waals surface area (Å²) in [7, 11) is 0. The van der Waals surface area contributed by atoms with E-state index in [9.17, 15) is 4.79 Å². The van der Waals surface area contributed by atoms with E-state index in [2.05, 4.69) is 16.7 Å². The summed E-state index contributed by atoms with van der Waals surface area (Å²) >= 11 is 6.22. The molecule has 1 fully saturated rings. The molecule has 1 aliphatic heterocycles. The van der Waals surface area contributed by atoms with Gasteiger partial charge in [-0.3, -0.25) is 14.6 Å². The van der Waals surface area contributed by atoms with E-state index < -0.39 is 0 Å². The fourth-order valence-corrected chi connectivity index (χ4v) is 2.92. The molecule has 116 valence electrons. The van der Waals surface area contributed by atoms with Crippen molar-refractivity contribution >= 4 is 17.6 Å². The highest BCUT2D eigenvalue weighted by atomic mass is 35.5. The van der Waals surface area contributed by atoms with Crippen LogP contribution in [0.3, 0.4) is 0 Å². The second kappa shape index (κ2) is 7.78. The molecule has 0 aliphatic carbocycles. The number of carbonyl (C=O) groups excluding carboxylic acids is 1. The number of hydrogen-bond acceptors (Lipinski definition) is 4. The van der Waals surface area contributed by atoms with Crippen LogP contribution in [0.1, 0.15) is 19.4 Å². The maximum atomic E-state index is 12.1. The molecular weight excluding hydrogens is 288 g/mol. The molecule has 0 amide bonds. The van der Waals surface area contributed by atoms with Gasteiger partial charge in [0.05, 0.1) is 6.61 Å². The molecule has 0 spiro atoms. The van der Waals surface area contributed by atoms with E-state index in [0.717, 1.165) is 36.8 Å². The first-order valence-electron chi connectivity index (χ1n) is 7.52. The third-order valence-electron chi connectivity index (χ3n) is 3.89. The van der Waals surface area contributed by atoms with Gasteiger partial charge in [0.25, 0.3) is 0 Å². The van der Waals surface area contributed by atoms with Gasteiger partial charge in [-0.2, -0.15) is 0 Å². The second-order valence-corrected chi connectivity index (χ2v) is 5.63. The Morgan fingerprint density at radius 3 is 2.76 bits per heavy atom. The maximum absolute atomic E-state index is 12.1. The van der Waals surface area contributed by atoms with Gasteiger partial charge in [-0.05, 0) is 25.1 Å². The zero-order valence-electron chi connectivity index (χ0n) is 12.7. The van der Waals surface area contributed by atoms with Crippen LogP contribution < -0.4 is 0 Å². The van der Waals surface area contributed by atoms with E-state index in [1.54, 1.807) is 0 Å². The molecule has 1 aromatic rings. The number of rotatable bonds is 5. The van der Waals surface area contributed by atoms with E-state index in [1.807, 2.05) is 31.2 Å². The first kappa shape index (κ1) is 16.3. The number of piperazine rings is 1. The smallest absolute Gasteiger partial charge is 0.324 e. The van der Waals surface area contributed by atoms with Crippen LogP contribution in [-0.4, -0.2) is 54.6 Å². The van der Waals surface area contributed by atoms with Crippen molar-refractivity contribution in [3.63, 3.8) is 0 Å². The summed E-state index contributed by atoms with van der Waals surface area (Å²) in [5.41, 5.74) is 1.10. The summed E-state index contributed by atoms with van der Waals surface area (Å²) in [6.45, 7) is 8.50. The van der Waals surface area contributed by atoms with Crippen LogP contribution in [0.15, 0.2) is 24.3 Å². The van der Waals surface area contributed by atoms with Crippen LogP contribution in [0.25, 0.3) is 0 Å². The summed E-state index contributed by atoms with van der Waals surface area (Å²) in [5, 5.41) is 0.781. The lowest BCUT2D eigenvalue weighted by atomic mass is 10.1. The number of likely N-dealkylation sites (N-methyl/N-ethyl adjacent to an activating group) is 1. The lowest BCUT2D eigenvalue weighted by molar-refractivity contribution is -0.152. The van der Waals surface area contributed by atoms with Crippen LogP contribution >= 0.6 is 11.6 Å². The average molecular weight is 311 g/mol. The molecule has 0 radical (unpaired) electrons. The maximum Gasteiger partial charge on any atom is 0.324 e. The molecule has 0 aromatic heterocycles. The largest absolute Gasteiger partial charge is 0.465 e. The Morgan fingerprint density at radius 1 is 1.33 bits per heavy atom. The first-order chi connectivity index (χ1) is 10.2. The summed E-state index contributed by atoms with van der Waals surface area (Å²) in [5.74, 6) is -0.122. The number of benzene rings is 1. The number of halogens is 1. The number of nitrogens with zero attached hydrogens (tertiary/aromatic N) is 2. The van der Waals surface area contributed by atoms with Gasteiger partial charge in [0, 0.05) is 31.2 Å². The molecule has 0 saturated carbocycles. The summed E-state index contributed by atoms with van der Waals surface area (Å²) in [4.78, 5) is 16.6. The molecule has 1 aliphatic rings. The molecule has 1 heterocycles. The molecule has 4 nitrogen and oxygen atoms in total. The average Bonchev–Trinajstić information content (AvgIpc) is 2.50.